The number of ether oxygens (including phenoxy) is 1. The zero-order chi connectivity index (χ0) is 14.5. The Hall–Kier alpha value is -0.343. The molecule has 20 heavy (non-hydrogen) atoms. The molecule has 1 saturated carbocycles. The topological polar surface area (TPSA) is 9.23 Å². The van der Waals surface area contributed by atoms with Gasteiger partial charge < -0.3 is 4.74 Å². The molecule has 3 atom stereocenters. The lowest BCUT2D eigenvalue weighted by Crippen LogP contribution is -2.39. The lowest BCUT2D eigenvalue weighted by atomic mass is 9.60. The summed E-state index contributed by atoms with van der Waals surface area (Å²) in [4.78, 5) is 0. The summed E-state index contributed by atoms with van der Waals surface area (Å²) in [5.41, 5.74) is 8.01. The first-order valence-corrected chi connectivity index (χ1v) is 11.9. The highest BCUT2D eigenvalue weighted by atomic mass is 28.3. The lowest BCUT2D eigenvalue weighted by molar-refractivity contribution is 0.0625. The van der Waals surface area contributed by atoms with Gasteiger partial charge in [-0.1, -0.05) is 37.8 Å². The summed E-state index contributed by atoms with van der Waals surface area (Å²) < 4.78 is 6.32. The maximum Gasteiger partial charge on any atom is 0.0863 e. The van der Waals surface area contributed by atoms with Gasteiger partial charge in [-0.05, 0) is 55.6 Å². The monoisotopic (exact) mass is 290 g/mol. The molecule has 0 aromatic carbocycles. The fraction of sp³-hybridized carbons (Fsp3) is 0.778. The van der Waals surface area contributed by atoms with Crippen molar-refractivity contribution < 1.29 is 4.74 Å². The highest BCUT2D eigenvalue weighted by molar-refractivity contribution is 6.81. The molecule has 0 bridgehead atoms. The van der Waals surface area contributed by atoms with E-state index in [1.165, 1.54) is 32.1 Å². The van der Waals surface area contributed by atoms with Crippen LogP contribution in [0.15, 0.2) is 22.4 Å². The first-order chi connectivity index (χ1) is 9.30. The molecule has 0 spiro atoms. The normalized spacial score (nSPS) is 40.0. The van der Waals surface area contributed by atoms with Gasteiger partial charge in [0.15, 0.2) is 0 Å². The van der Waals surface area contributed by atoms with Gasteiger partial charge in [0, 0.05) is 5.92 Å². The molecule has 3 rings (SSSR count). The summed E-state index contributed by atoms with van der Waals surface area (Å²) in [6.07, 6.45) is 7.17. The van der Waals surface area contributed by atoms with Crippen LogP contribution in [0, 0.1) is 11.3 Å². The van der Waals surface area contributed by atoms with Crippen molar-refractivity contribution in [2.75, 3.05) is 6.61 Å². The van der Waals surface area contributed by atoms with Crippen molar-refractivity contribution in [3.8, 4) is 0 Å². The predicted molar refractivity (Wildman–Crippen MR) is 88.6 cm³/mol. The van der Waals surface area contributed by atoms with Crippen molar-refractivity contribution in [3.05, 3.63) is 22.4 Å². The molecule has 1 saturated heterocycles. The molecule has 0 aromatic rings. The third-order valence-electron chi connectivity index (χ3n) is 5.57. The SMILES string of the molecule is CC1=C2[C@H]3OC/C(=C\[Si](C)(C)C)[C@H]3CC[C@@]2(C)CCC1. The van der Waals surface area contributed by atoms with Crippen LogP contribution in [0.2, 0.25) is 19.6 Å². The second kappa shape index (κ2) is 4.84. The molecule has 1 nitrogen and oxygen atoms in total. The van der Waals surface area contributed by atoms with E-state index in [0.717, 1.165) is 6.61 Å². The molecular weight excluding hydrogens is 260 g/mol. The van der Waals surface area contributed by atoms with Crippen LogP contribution in [0.1, 0.15) is 46.0 Å². The Bertz CT molecular complexity index is 468. The zero-order valence-electron chi connectivity index (χ0n) is 13.9. The Balaban J connectivity index is 1.95. The number of rotatable bonds is 1. The Morgan fingerprint density at radius 1 is 1.25 bits per heavy atom. The molecule has 0 aromatic heterocycles. The summed E-state index contributed by atoms with van der Waals surface area (Å²) in [7, 11) is -1.14. The fourth-order valence-corrected chi connectivity index (χ4v) is 6.19. The van der Waals surface area contributed by atoms with E-state index in [2.05, 4.69) is 39.2 Å². The van der Waals surface area contributed by atoms with Crippen LogP contribution in [-0.4, -0.2) is 20.8 Å². The average molecular weight is 291 g/mol. The van der Waals surface area contributed by atoms with Gasteiger partial charge in [0.1, 0.15) is 0 Å². The van der Waals surface area contributed by atoms with Crippen molar-refractivity contribution >= 4 is 8.07 Å². The van der Waals surface area contributed by atoms with Gasteiger partial charge in [0.2, 0.25) is 0 Å². The molecule has 112 valence electrons. The second-order valence-corrected chi connectivity index (χ2v) is 13.6. The molecule has 2 aliphatic carbocycles. The molecule has 3 aliphatic rings. The molecule has 2 heteroatoms. The van der Waals surface area contributed by atoms with Crippen molar-refractivity contribution in [3.63, 3.8) is 0 Å². The first kappa shape index (κ1) is 14.6. The predicted octanol–water partition coefficient (Wildman–Crippen LogP) is 5.11. The average Bonchev–Trinajstić information content (AvgIpc) is 2.69. The van der Waals surface area contributed by atoms with Gasteiger partial charge in [-0.25, -0.2) is 0 Å². The third-order valence-corrected chi connectivity index (χ3v) is 6.81. The molecule has 1 aliphatic heterocycles. The Morgan fingerprint density at radius 3 is 2.70 bits per heavy atom. The minimum absolute atomic E-state index is 0.414. The van der Waals surface area contributed by atoms with Gasteiger partial charge in [-0.15, -0.1) is 0 Å². The van der Waals surface area contributed by atoms with Crippen LogP contribution < -0.4 is 0 Å². The van der Waals surface area contributed by atoms with E-state index in [4.69, 9.17) is 4.74 Å². The van der Waals surface area contributed by atoms with Crippen LogP contribution in [-0.2, 0) is 4.74 Å². The quantitative estimate of drug-likeness (QED) is 0.482. The van der Waals surface area contributed by atoms with Gasteiger partial charge in [0.05, 0.1) is 20.8 Å². The van der Waals surface area contributed by atoms with Crippen molar-refractivity contribution in [2.24, 2.45) is 11.3 Å². The minimum Gasteiger partial charge on any atom is -0.369 e. The van der Waals surface area contributed by atoms with Crippen LogP contribution in [0.5, 0.6) is 0 Å². The van der Waals surface area contributed by atoms with Gasteiger partial charge in [-0.3, -0.25) is 0 Å². The number of hydrogen-bond acceptors (Lipinski definition) is 1. The first-order valence-electron chi connectivity index (χ1n) is 8.33. The summed E-state index contributed by atoms with van der Waals surface area (Å²) in [6.45, 7) is 13.1. The van der Waals surface area contributed by atoms with E-state index in [1.54, 1.807) is 16.7 Å². The molecule has 0 amide bonds. The van der Waals surface area contributed by atoms with E-state index in [9.17, 15) is 0 Å². The summed E-state index contributed by atoms with van der Waals surface area (Å²) in [6, 6.07) is 0. The highest BCUT2D eigenvalue weighted by Gasteiger charge is 2.48. The van der Waals surface area contributed by atoms with Crippen LogP contribution in [0.3, 0.4) is 0 Å². The fourth-order valence-electron chi connectivity index (χ4n) is 4.78. The lowest BCUT2D eigenvalue weighted by Gasteiger charge is -2.46. The van der Waals surface area contributed by atoms with E-state index in [0.29, 0.717) is 17.4 Å². The molecule has 1 heterocycles. The summed E-state index contributed by atoms with van der Waals surface area (Å²) >= 11 is 0. The maximum absolute atomic E-state index is 6.32. The Morgan fingerprint density at radius 2 is 2.00 bits per heavy atom. The smallest absolute Gasteiger partial charge is 0.0863 e. The largest absolute Gasteiger partial charge is 0.369 e. The minimum atomic E-state index is -1.14. The van der Waals surface area contributed by atoms with Gasteiger partial charge in [0.25, 0.3) is 0 Å². The third kappa shape index (κ3) is 2.46. The van der Waals surface area contributed by atoms with E-state index >= 15 is 0 Å². The van der Waals surface area contributed by atoms with Crippen LogP contribution in [0.25, 0.3) is 0 Å². The Labute approximate surface area is 125 Å². The van der Waals surface area contributed by atoms with E-state index in [1.807, 2.05) is 0 Å². The maximum atomic E-state index is 6.32. The van der Waals surface area contributed by atoms with Crippen LogP contribution in [0.4, 0.5) is 0 Å². The summed E-state index contributed by atoms with van der Waals surface area (Å²) in [5.74, 6) is 0.692. The highest BCUT2D eigenvalue weighted by Crippen LogP contribution is 2.55. The Kier molecular flexibility index (Phi) is 3.53. The van der Waals surface area contributed by atoms with E-state index < -0.39 is 8.07 Å². The van der Waals surface area contributed by atoms with Crippen LogP contribution >= 0.6 is 0 Å². The van der Waals surface area contributed by atoms with Crippen molar-refractivity contribution in [1.29, 1.82) is 0 Å². The molecule has 0 N–H and O–H groups in total. The molecular formula is C18H30OSi. The molecule has 2 fully saturated rings. The number of allylic oxidation sites excluding steroid dienone is 1. The zero-order valence-corrected chi connectivity index (χ0v) is 14.9. The summed E-state index contributed by atoms with van der Waals surface area (Å²) in [5, 5.41) is 0. The van der Waals surface area contributed by atoms with Gasteiger partial charge in [-0.2, -0.15) is 0 Å². The molecule has 0 radical (unpaired) electrons. The van der Waals surface area contributed by atoms with E-state index in [-0.39, 0.29) is 0 Å². The standard InChI is InChI=1S/C18H30OSi/c1-13-7-6-9-18(2)10-8-15-14(12-20(3,4)5)11-19-17(15)16(13)18/h12,15,17H,6-11H2,1-5H3/b14-12+/t15-,17+,18-/m1/s1. The number of fused-ring (bicyclic) bond motifs is 3. The van der Waals surface area contributed by atoms with Crippen molar-refractivity contribution in [2.45, 2.75) is 71.7 Å². The second-order valence-electron chi connectivity index (χ2n) is 8.57. The number of hydrogen-bond donors (Lipinski definition) is 0. The van der Waals surface area contributed by atoms with Gasteiger partial charge >= 0.3 is 0 Å². The molecule has 0 unspecified atom stereocenters. The van der Waals surface area contributed by atoms with Crippen molar-refractivity contribution in [1.82, 2.24) is 0 Å².